The highest BCUT2D eigenvalue weighted by Crippen LogP contribution is 2.28. The zero-order valence-electron chi connectivity index (χ0n) is 17.9. The van der Waals surface area contributed by atoms with Gasteiger partial charge in [0.05, 0.1) is 5.69 Å². The van der Waals surface area contributed by atoms with Crippen LogP contribution in [0.2, 0.25) is 5.02 Å². The van der Waals surface area contributed by atoms with Gasteiger partial charge in [-0.2, -0.15) is 0 Å². The number of aromatic nitrogens is 3. The van der Waals surface area contributed by atoms with Crippen LogP contribution in [0.15, 0.2) is 84.0 Å². The van der Waals surface area contributed by atoms with Crippen molar-refractivity contribution >= 4 is 29.3 Å². The molecule has 5 rings (SSSR count). The first-order valence-corrected chi connectivity index (χ1v) is 12.3. The van der Waals surface area contributed by atoms with Gasteiger partial charge in [-0.05, 0) is 54.3 Å². The summed E-state index contributed by atoms with van der Waals surface area (Å²) in [5.41, 5.74) is 3.85. The number of nitrogens with one attached hydrogen (secondary N) is 1. The molecule has 1 heterocycles. The molecule has 1 amide bonds. The van der Waals surface area contributed by atoms with Crippen molar-refractivity contribution in [2.45, 2.75) is 36.2 Å². The van der Waals surface area contributed by atoms with Crippen LogP contribution in [0, 0.1) is 0 Å². The first-order chi connectivity index (χ1) is 16.2. The summed E-state index contributed by atoms with van der Waals surface area (Å²) in [6.07, 6.45) is 2.81. The summed E-state index contributed by atoms with van der Waals surface area (Å²) in [5, 5.41) is 13.5. The average Bonchev–Trinajstić information content (AvgIpc) is 3.56. The predicted octanol–water partition coefficient (Wildman–Crippen LogP) is 5.70. The SMILES string of the molecule is O=C(NC1CC1)c1cccc(CSc2nnc(Cc3ccccc3)n2-c2cccc(Cl)c2)c1. The molecule has 33 heavy (non-hydrogen) atoms. The molecule has 1 fully saturated rings. The summed E-state index contributed by atoms with van der Waals surface area (Å²) >= 11 is 7.88. The van der Waals surface area contributed by atoms with E-state index < -0.39 is 0 Å². The first kappa shape index (κ1) is 21.7. The number of benzene rings is 3. The quantitative estimate of drug-likeness (QED) is 0.333. The fourth-order valence-corrected chi connectivity index (χ4v) is 4.71. The number of carbonyl (C=O) groups excluding carboxylic acids is 1. The lowest BCUT2D eigenvalue weighted by Gasteiger charge is -2.11. The van der Waals surface area contributed by atoms with E-state index in [1.54, 1.807) is 11.8 Å². The molecule has 3 aromatic carbocycles. The zero-order chi connectivity index (χ0) is 22.6. The van der Waals surface area contributed by atoms with Crippen molar-refractivity contribution < 1.29 is 4.79 Å². The Morgan fingerprint density at radius 1 is 0.970 bits per heavy atom. The number of amides is 1. The second kappa shape index (κ2) is 9.81. The Morgan fingerprint density at radius 3 is 2.55 bits per heavy atom. The summed E-state index contributed by atoms with van der Waals surface area (Å²) in [5.74, 6) is 1.52. The van der Waals surface area contributed by atoms with Gasteiger partial charge < -0.3 is 5.32 Å². The van der Waals surface area contributed by atoms with Gasteiger partial charge in [-0.3, -0.25) is 9.36 Å². The van der Waals surface area contributed by atoms with Gasteiger partial charge in [0.1, 0.15) is 5.82 Å². The van der Waals surface area contributed by atoms with Gasteiger partial charge in [-0.15, -0.1) is 10.2 Å². The molecule has 1 aliphatic carbocycles. The summed E-state index contributed by atoms with van der Waals surface area (Å²) in [4.78, 5) is 12.4. The molecule has 0 spiro atoms. The van der Waals surface area contributed by atoms with E-state index in [0.29, 0.717) is 28.8 Å². The number of carbonyl (C=O) groups is 1. The summed E-state index contributed by atoms with van der Waals surface area (Å²) in [6, 6.07) is 26.1. The molecule has 0 radical (unpaired) electrons. The van der Waals surface area contributed by atoms with Crippen molar-refractivity contribution in [2.75, 3.05) is 0 Å². The molecule has 1 saturated carbocycles. The van der Waals surface area contributed by atoms with Crippen LogP contribution in [0.5, 0.6) is 0 Å². The van der Waals surface area contributed by atoms with Gasteiger partial charge in [-0.25, -0.2) is 0 Å². The van der Waals surface area contributed by atoms with Gasteiger partial charge in [0, 0.05) is 28.8 Å². The van der Waals surface area contributed by atoms with E-state index in [4.69, 9.17) is 11.6 Å². The third-order valence-corrected chi connectivity index (χ3v) is 6.68. The normalized spacial score (nSPS) is 13.1. The smallest absolute Gasteiger partial charge is 0.251 e. The molecule has 5 nitrogen and oxygen atoms in total. The van der Waals surface area contributed by atoms with Crippen LogP contribution < -0.4 is 5.32 Å². The Kier molecular flexibility index (Phi) is 6.46. The van der Waals surface area contributed by atoms with Gasteiger partial charge in [-0.1, -0.05) is 71.9 Å². The number of halogens is 1. The van der Waals surface area contributed by atoms with E-state index in [-0.39, 0.29) is 5.91 Å². The number of thioether (sulfide) groups is 1. The van der Waals surface area contributed by atoms with Gasteiger partial charge in [0.25, 0.3) is 5.91 Å². The number of rotatable bonds is 8. The lowest BCUT2D eigenvalue weighted by molar-refractivity contribution is 0.0951. The Balaban J connectivity index is 1.39. The number of hydrogen-bond donors (Lipinski definition) is 1. The molecular weight excluding hydrogens is 452 g/mol. The second-order valence-electron chi connectivity index (χ2n) is 8.11. The van der Waals surface area contributed by atoms with Crippen molar-refractivity contribution in [1.29, 1.82) is 0 Å². The van der Waals surface area contributed by atoms with Gasteiger partial charge in [0.15, 0.2) is 5.16 Å². The Labute approximate surface area is 202 Å². The van der Waals surface area contributed by atoms with Gasteiger partial charge in [0.2, 0.25) is 0 Å². The topological polar surface area (TPSA) is 59.8 Å². The molecule has 0 atom stereocenters. The zero-order valence-corrected chi connectivity index (χ0v) is 19.5. The molecule has 0 unspecified atom stereocenters. The first-order valence-electron chi connectivity index (χ1n) is 10.9. The highest BCUT2D eigenvalue weighted by Gasteiger charge is 2.24. The summed E-state index contributed by atoms with van der Waals surface area (Å²) in [7, 11) is 0. The largest absolute Gasteiger partial charge is 0.349 e. The Hall–Kier alpha value is -3.09. The maximum absolute atomic E-state index is 12.4. The van der Waals surface area contributed by atoms with Crippen molar-refractivity contribution in [3.63, 3.8) is 0 Å². The summed E-state index contributed by atoms with van der Waals surface area (Å²) in [6.45, 7) is 0. The third-order valence-electron chi connectivity index (χ3n) is 5.44. The molecular formula is C26H23ClN4OS. The molecule has 4 aromatic rings. The average molecular weight is 475 g/mol. The molecule has 7 heteroatoms. The minimum absolute atomic E-state index is 0.00316. The molecule has 1 aromatic heterocycles. The van der Waals surface area contributed by atoms with E-state index in [0.717, 1.165) is 35.1 Å². The van der Waals surface area contributed by atoms with Crippen LogP contribution in [-0.2, 0) is 12.2 Å². The fourth-order valence-electron chi connectivity index (χ4n) is 3.61. The fraction of sp³-hybridized carbons (Fsp3) is 0.192. The van der Waals surface area contributed by atoms with E-state index in [9.17, 15) is 4.79 Å². The Bertz CT molecular complexity index is 1270. The highest BCUT2D eigenvalue weighted by atomic mass is 35.5. The molecule has 1 N–H and O–H groups in total. The van der Waals surface area contributed by atoms with Crippen LogP contribution in [0.4, 0.5) is 0 Å². The second-order valence-corrected chi connectivity index (χ2v) is 9.49. The molecule has 0 saturated heterocycles. The van der Waals surface area contributed by atoms with Crippen molar-refractivity contribution in [3.8, 4) is 5.69 Å². The maximum Gasteiger partial charge on any atom is 0.251 e. The predicted molar refractivity (Wildman–Crippen MR) is 132 cm³/mol. The van der Waals surface area contributed by atoms with Crippen LogP contribution in [0.25, 0.3) is 5.69 Å². The third kappa shape index (κ3) is 5.46. The van der Waals surface area contributed by atoms with Gasteiger partial charge >= 0.3 is 0 Å². The molecule has 1 aliphatic rings. The summed E-state index contributed by atoms with van der Waals surface area (Å²) < 4.78 is 2.06. The highest BCUT2D eigenvalue weighted by molar-refractivity contribution is 7.98. The lowest BCUT2D eigenvalue weighted by Crippen LogP contribution is -2.25. The standard InChI is InChI=1S/C26H23ClN4OS/c27-21-10-5-11-23(16-21)31-24(15-18-6-2-1-3-7-18)29-30-26(31)33-17-19-8-4-9-20(14-19)25(32)28-22-12-13-22/h1-11,14,16,22H,12-13,15,17H2,(H,28,32). The number of hydrogen-bond acceptors (Lipinski definition) is 4. The van der Waals surface area contributed by atoms with Crippen molar-refractivity contribution in [3.05, 3.63) is 106 Å². The monoisotopic (exact) mass is 474 g/mol. The van der Waals surface area contributed by atoms with Crippen LogP contribution in [-0.4, -0.2) is 26.7 Å². The van der Waals surface area contributed by atoms with E-state index in [1.807, 2.05) is 66.7 Å². The Morgan fingerprint density at radius 2 is 1.76 bits per heavy atom. The minimum Gasteiger partial charge on any atom is -0.349 e. The molecule has 0 aliphatic heterocycles. The van der Waals surface area contributed by atoms with E-state index >= 15 is 0 Å². The number of nitrogens with zero attached hydrogens (tertiary/aromatic N) is 3. The minimum atomic E-state index is -0.00316. The maximum atomic E-state index is 12.4. The van der Waals surface area contributed by atoms with E-state index in [2.05, 4.69) is 32.2 Å². The van der Waals surface area contributed by atoms with Crippen LogP contribution in [0.1, 0.15) is 40.2 Å². The van der Waals surface area contributed by atoms with Crippen molar-refractivity contribution in [1.82, 2.24) is 20.1 Å². The molecule has 166 valence electrons. The van der Waals surface area contributed by atoms with Crippen molar-refractivity contribution in [2.24, 2.45) is 0 Å². The lowest BCUT2D eigenvalue weighted by atomic mass is 10.1. The van der Waals surface area contributed by atoms with Crippen LogP contribution in [0.3, 0.4) is 0 Å². The van der Waals surface area contributed by atoms with Crippen LogP contribution >= 0.6 is 23.4 Å². The molecule has 0 bridgehead atoms. The van der Waals surface area contributed by atoms with E-state index in [1.165, 1.54) is 5.56 Å².